The summed E-state index contributed by atoms with van der Waals surface area (Å²) in [4.78, 5) is 8.71. The van der Waals surface area contributed by atoms with Crippen molar-refractivity contribution in [3.63, 3.8) is 0 Å². The molecule has 1 fully saturated rings. The van der Waals surface area contributed by atoms with Crippen LogP contribution in [0.15, 0.2) is 36.8 Å². The number of anilines is 1. The number of fused-ring (bicyclic) bond motifs is 1. The maximum Gasteiger partial charge on any atom is 0.197 e. The average Bonchev–Trinajstić information content (AvgIpc) is 3.23. The van der Waals surface area contributed by atoms with Crippen molar-refractivity contribution in [3.8, 4) is 0 Å². The van der Waals surface area contributed by atoms with Gasteiger partial charge in [0.15, 0.2) is 11.5 Å². The third-order valence-electron chi connectivity index (χ3n) is 4.61. The lowest BCUT2D eigenvalue weighted by molar-refractivity contribution is -0.0240. The Morgan fingerprint density at radius 2 is 2.23 bits per heavy atom. The van der Waals surface area contributed by atoms with Gasteiger partial charge in [0.05, 0.1) is 24.6 Å². The minimum Gasteiger partial charge on any atom is -0.394 e. The number of aromatic nitrogens is 4. The van der Waals surface area contributed by atoms with Crippen molar-refractivity contribution in [3.05, 3.63) is 53.6 Å². The Morgan fingerprint density at radius 1 is 1.35 bits per heavy atom. The molecule has 1 saturated heterocycles. The molecule has 0 spiro atoms. The number of ether oxygens (including phenoxy) is 1. The second kappa shape index (κ2) is 6.99. The molecule has 0 radical (unpaired) electrons. The topological polar surface area (TPSA) is 105 Å². The Bertz CT molecular complexity index is 913. The van der Waals surface area contributed by atoms with E-state index in [1.54, 1.807) is 10.7 Å². The molecule has 136 valence electrons. The molecule has 8 heteroatoms. The molecule has 1 aliphatic rings. The van der Waals surface area contributed by atoms with Gasteiger partial charge in [0.25, 0.3) is 0 Å². The Morgan fingerprint density at radius 3 is 3.00 bits per heavy atom. The van der Waals surface area contributed by atoms with Gasteiger partial charge in [-0.2, -0.15) is 5.10 Å². The Labute approximate surface area is 150 Å². The molecule has 4 rings (SSSR count). The first-order chi connectivity index (χ1) is 12.7. The van der Waals surface area contributed by atoms with Gasteiger partial charge in [-0.05, 0) is 12.5 Å². The summed E-state index contributed by atoms with van der Waals surface area (Å²) in [6.07, 6.45) is 1.90. The number of aryl methyl sites for hydroxylation is 1. The lowest BCUT2D eigenvalue weighted by atomic mass is 10.1. The van der Waals surface area contributed by atoms with Crippen LogP contribution in [0.1, 0.15) is 29.3 Å². The fraction of sp³-hybridized carbons (Fsp3) is 0.389. The van der Waals surface area contributed by atoms with Crippen LogP contribution in [0, 0.1) is 6.92 Å². The number of nitrogens with zero attached hydrogens (tertiary/aromatic N) is 4. The van der Waals surface area contributed by atoms with Crippen LogP contribution >= 0.6 is 0 Å². The number of hydrogen-bond acceptors (Lipinski definition) is 7. The number of aliphatic hydroxyl groups excluding tert-OH is 2. The first-order valence-electron chi connectivity index (χ1n) is 8.58. The number of aliphatic hydroxyl groups is 2. The molecule has 8 nitrogen and oxygen atoms in total. The Kier molecular flexibility index (Phi) is 4.54. The third kappa shape index (κ3) is 3.14. The summed E-state index contributed by atoms with van der Waals surface area (Å²) in [5.41, 5.74) is 3.69. The normalized spacial score (nSPS) is 22.8. The van der Waals surface area contributed by atoms with E-state index in [0.717, 1.165) is 11.3 Å². The first-order valence-corrected chi connectivity index (χ1v) is 8.58. The molecule has 0 saturated carbocycles. The van der Waals surface area contributed by atoms with Crippen LogP contribution in [-0.4, -0.2) is 48.6 Å². The Balaban J connectivity index is 1.57. The molecule has 0 amide bonds. The molecule has 3 heterocycles. The maximum atomic E-state index is 9.96. The molecular formula is C18H21N5O3. The van der Waals surface area contributed by atoms with Crippen LogP contribution in [0.2, 0.25) is 0 Å². The number of nitrogens with one attached hydrogen (secondary N) is 1. The van der Waals surface area contributed by atoms with E-state index in [1.807, 2.05) is 6.07 Å². The summed E-state index contributed by atoms with van der Waals surface area (Å²) < 4.78 is 7.39. The van der Waals surface area contributed by atoms with Gasteiger partial charge in [-0.25, -0.2) is 14.5 Å². The van der Waals surface area contributed by atoms with Gasteiger partial charge in [-0.1, -0.05) is 29.8 Å². The molecular weight excluding hydrogens is 334 g/mol. The maximum absolute atomic E-state index is 9.96. The summed E-state index contributed by atoms with van der Waals surface area (Å²) in [6.45, 7) is 2.47. The van der Waals surface area contributed by atoms with Crippen molar-refractivity contribution in [1.82, 2.24) is 19.6 Å². The fourth-order valence-corrected chi connectivity index (χ4v) is 3.27. The van der Waals surface area contributed by atoms with Crippen molar-refractivity contribution in [2.45, 2.75) is 38.2 Å². The van der Waals surface area contributed by atoms with E-state index < -0.39 is 12.2 Å². The van der Waals surface area contributed by atoms with Crippen LogP contribution in [0.5, 0.6) is 0 Å². The van der Waals surface area contributed by atoms with Gasteiger partial charge in [-0.3, -0.25) is 0 Å². The quantitative estimate of drug-likeness (QED) is 0.632. The molecule has 3 atom stereocenters. The van der Waals surface area contributed by atoms with Crippen molar-refractivity contribution in [1.29, 1.82) is 0 Å². The standard InChI is InChI=1S/C18H21N5O3/c1-11-3-2-4-12(5-11)7-19-17-18-20-8-13(23(18)22-10-21-17)15-6-14(25)16(9-24)26-15/h2-5,8,10,14-16,24-25H,6-7,9H2,1H3,(H,19,21,22)/t14-,15?,16?/m0/s1. The fourth-order valence-electron chi connectivity index (χ4n) is 3.27. The minimum absolute atomic E-state index is 0.216. The highest BCUT2D eigenvalue weighted by molar-refractivity contribution is 5.62. The molecule has 0 bridgehead atoms. The number of imidazole rings is 1. The number of benzene rings is 1. The van der Waals surface area contributed by atoms with Gasteiger partial charge >= 0.3 is 0 Å². The third-order valence-corrected chi connectivity index (χ3v) is 4.61. The van der Waals surface area contributed by atoms with E-state index in [0.29, 0.717) is 24.4 Å². The average molecular weight is 355 g/mol. The SMILES string of the molecule is Cc1cccc(CNc2ncnn3c(C4C[C@H](O)C(CO)O4)cnc23)c1. The minimum atomic E-state index is -0.698. The highest BCUT2D eigenvalue weighted by Crippen LogP contribution is 2.33. The van der Waals surface area contributed by atoms with Crippen LogP contribution in [0.25, 0.3) is 5.65 Å². The van der Waals surface area contributed by atoms with Gasteiger partial charge in [0.1, 0.15) is 18.5 Å². The number of rotatable bonds is 5. The first kappa shape index (κ1) is 16.9. The van der Waals surface area contributed by atoms with E-state index in [2.05, 4.69) is 45.5 Å². The zero-order valence-corrected chi connectivity index (χ0v) is 14.4. The van der Waals surface area contributed by atoms with Gasteiger partial charge in [-0.15, -0.1) is 0 Å². The summed E-state index contributed by atoms with van der Waals surface area (Å²) in [6, 6.07) is 8.25. The van der Waals surface area contributed by atoms with E-state index in [4.69, 9.17) is 4.74 Å². The summed E-state index contributed by atoms with van der Waals surface area (Å²) in [5.74, 6) is 0.630. The van der Waals surface area contributed by atoms with Gasteiger partial charge in [0.2, 0.25) is 0 Å². The summed E-state index contributed by atoms with van der Waals surface area (Å²) in [5, 5.41) is 26.8. The van der Waals surface area contributed by atoms with E-state index in [9.17, 15) is 10.2 Å². The largest absolute Gasteiger partial charge is 0.394 e. The number of hydrogen-bond donors (Lipinski definition) is 3. The Hall–Kier alpha value is -2.55. The van der Waals surface area contributed by atoms with Gasteiger partial charge in [0, 0.05) is 13.0 Å². The molecule has 1 aromatic carbocycles. The van der Waals surface area contributed by atoms with E-state index in [1.165, 1.54) is 11.9 Å². The second-order valence-electron chi connectivity index (χ2n) is 6.52. The molecule has 2 aromatic heterocycles. The predicted molar refractivity (Wildman–Crippen MR) is 94.6 cm³/mol. The van der Waals surface area contributed by atoms with Crippen molar-refractivity contribution >= 4 is 11.5 Å². The zero-order valence-electron chi connectivity index (χ0n) is 14.4. The second-order valence-corrected chi connectivity index (χ2v) is 6.52. The lowest BCUT2D eigenvalue weighted by Gasteiger charge is -2.12. The zero-order chi connectivity index (χ0) is 18.1. The molecule has 26 heavy (non-hydrogen) atoms. The van der Waals surface area contributed by atoms with E-state index >= 15 is 0 Å². The van der Waals surface area contributed by atoms with Crippen molar-refractivity contribution in [2.75, 3.05) is 11.9 Å². The highest BCUT2D eigenvalue weighted by atomic mass is 16.5. The summed E-state index contributed by atoms with van der Waals surface area (Å²) >= 11 is 0. The van der Waals surface area contributed by atoms with E-state index in [-0.39, 0.29) is 12.7 Å². The molecule has 3 N–H and O–H groups in total. The van der Waals surface area contributed by atoms with Crippen LogP contribution in [-0.2, 0) is 11.3 Å². The van der Waals surface area contributed by atoms with Crippen molar-refractivity contribution < 1.29 is 14.9 Å². The van der Waals surface area contributed by atoms with Crippen molar-refractivity contribution in [2.24, 2.45) is 0 Å². The molecule has 1 aliphatic heterocycles. The monoisotopic (exact) mass is 355 g/mol. The highest BCUT2D eigenvalue weighted by Gasteiger charge is 2.36. The van der Waals surface area contributed by atoms with Crippen LogP contribution < -0.4 is 5.32 Å². The van der Waals surface area contributed by atoms with Crippen LogP contribution in [0.4, 0.5) is 5.82 Å². The molecule has 2 unspecified atom stereocenters. The smallest absolute Gasteiger partial charge is 0.197 e. The van der Waals surface area contributed by atoms with Gasteiger partial charge < -0.3 is 20.3 Å². The lowest BCUT2D eigenvalue weighted by Crippen LogP contribution is -2.24. The van der Waals surface area contributed by atoms with Crippen LogP contribution in [0.3, 0.4) is 0 Å². The molecule has 3 aromatic rings. The predicted octanol–water partition coefficient (Wildman–Crippen LogP) is 1.23. The summed E-state index contributed by atoms with van der Waals surface area (Å²) in [7, 11) is 0. The molecule has 0 aliphatic carbocycles.